The molecule has 14 heteroatoms. The molecule has 0 radical (unpaired) electrons. The van der Waals surface area contributed by atoms with E-state index in [-0.39, 0.29) is 48.6 Å². The van der Waals surface area contributed by atoms with Gasteiger partial charge in [-0.15, -0.1) is 0 Å². The molecular weight excluding hydrogens is 857 g/mol. The van der Waals surface area contributed by atoms with Crippen molar-refractivity contribution in [2.45, 2.75) is 227 Å². The summed E-state index contributed by atoms with van der Waals surface area (Å²) in [5.74, 6) is -0.386. The maximum Gasteiger partial charge on any atom is 0.410 e. The molecule has 3 aliphatic rings. The summed E-state index contributed by atoms with van der Waals surface area (Å²) in [5, 5.41) is 0. The maximum absolute atomic E-state index is 14.3. The molecule has 3 aliphatic heterocycles. The maximum atomic E-state index is 14.3. The zero-order valence-electron chi connectivity index (χ0n) is 44.4. The Balaban J connectivity index is 2.08. The average Bonchev–Trinajstić information content (AvgIpc) is 4.03. The predicted molar refractivity (Wildman–Crippen MR) is 265 cm³/mol. The van der Waals surface area contributed by atoms with Crippen molar-refractivity contribution in [1.29, 1.82) is 0 Å². The van der Waals surface area contributed by atoms with Gasteiger partial charge in [0.2, 0.25) is 0 Å². The van der Waals surface area contributed by atoms with Gasteiger partial charge in [-0.25, -0.2) is 4.79 Å². The van der Waals surface area contributed by atoms with Crippen molar-refractivity contribution in [1.82, 2.24) is 9.80 Å². The Morgan fingerprint density at radius 3 is 2.17 bits per heavy atom. The predicted octanol–water partition coefficient (Wildman–Crippen LogP) is 10.6. The first-order valence-electron chi connectivity index (χ1n) is 25.5. The van der Waals surface area contributed by atoms with Crippen molar-refractivity contribution < 1.29 is 51.9 Å². The van der Waals surface area contributed by atoms with Gasteiger partial charge in [-0.1, -0.05) is 72.8 Å². The number of allylic oxidation sites excluding steroid dienone is 2. The number of piperazine rings is 1. The minimum atomic E-state index is -2.27. The van der Waals surface area contributed by atoms with Gasteiger partial charge in [-0.05, 0) is 111 Å². The summed E-state index contributed by atoms with van der Waals surface area (Å²) in [5.41, 5.74) is -0.555. The summed E-state index contributed by atoms with van der Waals surface area (Å²) in [6, 6.07) is 2.25. The molecule has 0 N–H and O–H groups in total. The molecule has 13 nitrogen and oxygen atoms in total. The van der Waals surface area contributed by atoms with Gasteiger partial charge in [-0.3, -0.25) is 9.69 Å². The molecule has 1 amide bonds. The van der Waals surface area contributed by atoms with Crippen LogP contribution in [0.5, 0.6) is 0 Å². The monoisotopic (exact) mass is 951 g/mol. The van der Waals surface area contributed by atoms with Gasteiger partial charge in [-0.2, -0.15) is 0 Å². The zero-order chi connectivity index (χ0) is 49.4. The van der Waals surface area contributed by atoms with E-state index in [0.717, 1.165) is 37.2 Å². The number of carbonyl (C=O) groups is 2. The fourth-order valence-electron chi connectivity index (χ4n) is 10.1. The number of esters is 1. The molecule has 12 unspecified atom stereocenters. The second-order valence-electron chi connectivity index (χ2n) is 20.0. The van der Waals surface area contributed by atoms with Crippen molar-refractivity contribution in [2.24, 2.45) is 11.8 Å². The lowest BCUT2D eigenvalue weighted by atomic mass is 9.88. The molecule has 0 saturated carbocycles. The SMILES string of the molecule is CCOC(C)OC(C)(C=CC=C(C)C1OC(=O)CC(O[Si](CC)(CC)C(C)C)CCC(C)(OC(C)OCC)C(OC(=O)N2CCN(C(C)C)CC2)C=CC1C)CC1OC1C(C)C(CC)OC. The van der Waals surface area contributed by atoms with Crippen molar-refractivity contribution in [3.8, 4) is 0 Å². The largest absolute Gasteiger partial charge is 0.457 e. The van der Waals surface area contributed by atoms with E-state index in [0.29, 0.717) is 57.1 Å². The molecule has 0 aromatic heterocycles. The first-order chi connectivity index (χ1) is 31.1. The van der Waals surface area contributed by atoms with Crippen LogP contribution in [0.25, 0.3) is 0 Å². The number of hydrogen-bond donors (Lipinski definition) is 0. The van der Waals surface area contributed by atoms with Crippen LogP contribution in [0.2, 0.25) is 17.6 Å². The van der Waals surface area contributed by atoms with E-state index in [9.17, 15) is 9.59 Å². The number of amides is 1. The first kappa shape index (κ1) is 58.2. The molecule has 2 fully saturated rings. The molecule has 382 valence electrons. The highest BCUT2D eigenvalue weighted by Crippen LogP contribution is 2.40. The van der Waals surface area contributed by atoms with Crippen LogP contribution in [0.4, 0.5) is 4.79 Å². The highest BCUT2D eigenvalue weighted by Gasteiger charge is 2.49. The second-order valence-corrected chi connectivity index (χ2v) is 25.0. The first-order valence-corrected chi connectivity index (χ1v) is 27.9. The van der Waals surface area contributed by atoms with Gasteiger partial charge in [0.25, 0.3) is 0 Å². The molecular formula is C52H94N2O11Si. The molecule has 2 saturated heterocycles. The summed E-state index contributed by atoms with van der Waals surface area (Å²) < 4.78 is 57.4. The van der Waals surface area contributed by atoms with E-state index in [2.05, 4.69) is 73.3 Å². The number of nitrogens with zero attached hydrogens (tertiary/aromatic N) is 2. The lowest BCUT2D eigenvalue weighted by Gasteiger charge is -2.42. The van der Waals surface area contributed by atoms with Crippen LogP contribution in [0, 0.1) is 11.8 Å². The topological polar surface area (TPSA) is 127 Å². The summed E-state index contributed by atoms with van der Waals surface area (Å²) in [6.07, 6.45) is 9.50. The van der Waals surface area contributed by atoms with Gasteiger partial charge in [0, 0.05) is 70.8 Å². The Kier molecular flexibility index (Phi) is 24.1. The quantitative estimate of drug-likeness (QED) is 0.0228. The number of epoxide rings is 1. The number of methoxy groups -OCH3 is 1. The molecule has 0 aromatic rings. The summed E-state index contributed by atoms with van der Waals surface area (Å²) in [4.78, 5) is 32.6. The standard InChI is InChI=1S/C52H94N2O11Si/c1-18-44(57-17)40(12)49-45(60-49)35-51(15,63-41(13)58-19-2)28-23-24-38(10)48-39(11)25-26-46(61-50(56)54-32-30-53(31-33-54)36(6)7)52(16,64-42(14)59-20-3)29-27-43(34-47(55)62-48)65-66(21-4,22-5)37(8)9/h23-26,28,36-37,39-46,48-49H,18-22,27,29-35H2,1-17H3. The average molecular weight is 951 g/mol. The summed E-state index contributed by atoms with van der Waals surface area (Å²) >= 11 is 0. The molecule has 3 rings (SSSR count). The van der Waals surface area contributed by atoms with Gasteiger partial charge >= 0.3 is 12.1 Å². The van der Waals surface area contributed by atoms with Gasteiger partial charge < -0.3 is 47.2 Å². The Morgan fingerprint density at radius 1 is 0.970 bits per heavy atom. The van der Waals surface area contributed by atoms with E-state index in [1.807, 2.05) is 72.8 Å². The minimum absolute atomic E-state index is 0.0149. The fraction of sp³-hybridized carbons (Fsp3) is 0.846. The van der Waals surface area contributed by atoms with E-state index < -0.39 is 50.4 Å². The number of cyclic esters (lactones) is 1. The van der Waals surface area contributed by atoms with Gasteiger partial charge in [0.05, 0.1) is 36.4 Å². The second kappa shape index (κ2) is 27.3. The lowest BCUT2D eigenvalue weighted by molar-refractivity contribution is -0.222. The molecule has 12 atom stereocenters. The zero-order valence-corrected chi connectivity index (χ0v) is 45.4. The minimum Gasteiger partial charge on any atom is -0.457 e. The Bertz CT molecular complexity index is 1540. The Labute approximate surface area is 402 Å². The molecule has 0 bridgehead atoms. The van der Waals surface area contributed by atoms with Crippen molar-refractivity contribution >= 4 is 20.4 Å². The molecule has 66 heavy (non-hydrogen) atoms. The highest BCUT2D eigenvalue weighted by molar-refractivity contribution is 6.75. The van der Waals surface area contributed by atoms with Gasteiger partial charge in [0.15, 0.2) is 27.0 Å². The summed E-state index contributed by atoms with van der Waals surface area (Å²) in [6.45, 7) is 37.0. The van der Waals surface area contributed by atoms with Crippen LogP contribution in [0.15, 0.2) is 36.0 Å². The Morgan fingerprint density at radius 2 is 1.61 bits per heavy atom. The highest BCUT2D eigenvalue weighted by atomic mass is 28.4. The third-order valence-corrected chi connectivity index (χ3v) is 19.7. The number of ether oxygens (including phenoxy) is 8. The molecule has 3 heterocycles. The van der Waals surface area contributed by atoms with Crippen molar-refractivity contribution in [2.75, 3.05) is 46.5 Å². The van der Waals surface area contributed by atoms with Crippen LogP contribution < -0.4 is 0 Å². The number of rotatable bonds is 24. The fourth-order valence-corrected chi connectivity index (χ4v) is 13.7. The molecule has 0 aliphatic carbocycles. The lowest BCUT2D eigenvalue weighted by Crippen LogP contribution is -2.53. The normalized spacial score (nSPS) is 29.2. The van der Waals surface area contributed by atoms with E-state index >= 15 is 0 Å². The number of hydrogen-bond acceptors (Lipinski definition) is 12. The number of carbonyl (C=O) groups excluding carboxylic acids is 2. The van der Waals surface area contributed by atoms with Crippen LogP contribution in [0.1, 0.15) is 143 Å². The third-order valence-electron chi connectivity index (χ3n) is 14.4. The van der Waals surface area contributed by atoms with E-state index in [1.165, 1.54) is 0 Å². The van der Waals surface area contributed by atoms with Crippen LogP contribution >= 0.6 is 0 Å². The molecule has 0 spiro atoms. The van der Waals surface area contributed by atoms with Crippen molar-refractivity contribution in [3.05, 3.63) is 36.0 Å². The van der Waals surface area contributed by atoms with E-state index in [4.69, 9.17) is 42.3 Å². The smallest absolute Gasteiger partial charge is 0.410 e. The molecule has 0 aromatic carbocycles. The third kappa shape index (κ3) is 17.1. The summed E-state index contributed by atoms with van der Waals surface area (Å²) in [7, 11) is -0.512. The van der Waals surface area contributed by atoms with Crippen LogP contribution in [0.3, 0.4) is 0 Å². The van der Waals surface area contributed by atoms with E-state index in [1.54, 1.807) is 12.0 Å². The van der Waals surface area contributed by atoms with Crippen molar-refractivity contribution in [3.63, 3.8) is 0 Å². The van der Waals surface area contributed by atoms with Gasteiger partial charge in [0.1, 0.15) is 11.7 Å². The van der Waals surface area contributed by atoms with Crippen LogP contribution in [-0.4, -0.2) is 143 Å². The van der Waals surface area contributed by atoms with Crippen LogP contribution in [-0.2, 0) is 47.1 Å². The Hall–Kier alpha value is -2.14.